The summed E-state index contributed by atoms with van der Waals surface area (Å²) in [7, 11) is 1.31. The summed E-state index contributed by atoms with van der Waals surface area (Å²) < 4.78 is 4.67. The number of methoxy groups -OCH3 is 1. The quantitative estimate of drug-likeness (QED) is 0.387. The molecule has 3 rings (SSSR count). The number of aryl methyl sites for hydroxylation is 3. The van der Waals surface area contributed by atoms with Gasteiger partial charge in [-0.2, -0.15) is 0 Å². The summed E-state index contributed by atoms with van der Waals surface area (Å²) in [6.07, 6.45) is 0. The van der Waals surface area contributed by atoms with Crippen LogP contribution in [0.5, 0.6) is 0 Å². The highest BCUT2D eigenvalue weighted by Crippen LogP contribution is 2.26. The predicted molar refractivity (Wildman–Crippen MR) is 130 cm³/mol. The number of thioether (sulfide) groups is 1. The van der Waals surface area contributed by atoms with E-state index in [4.69, 9.17) is 0 Å². The van der Waals surface area contributed by atoms with Crippen LogP contribution in [-0.2, 0) is 9.53 Å². The SMILES string of the molecule is COC(=O)c1ccc(NC(=O)CSc2nc(C)cc(C)c2C(=O)Nc2ccccc2C)cc1. The zero-order valence-electron chi connectivity index (χ0n) is 18.9. The number of esters is 1. The number of rotatable bonds is 7. The van der Waals surface area contributed by atoms with E-state index in [0.717, 1.165) is 22.5 Å². The third-order valence-corrected chi connectivity index (χ3v) is 5.84. The van der Waals surface area contributed by atoms with E-state index in [0.29, 0.717) is 21.8 Å². The second-order valence-electron chi connectivity index (χ2n) is 7.44. The average molecular weight is 464 g/mol. The highest BCUT2D eigenvalue weighted by atomic mass is 32.2. The van der Waals surface area contributed by atoms with Gasteiger partial charge in [-0.25, -0.2) is 9.78 Å². The molecule has 0 aliphatic rings. The van der Waals surface area contributed by atoms with Crippen LogP contribution in [0.4, 0.5) is 11.4 Å². The minimum absolute atomic E-state index is 0.0687. The van der Waals surface area contributed by atoms with Gasteiger partial charge in [0.05, 0.1) is 24.0 Å². The molecule has 1 aromatic heterocycles. The molecule has 0 bridgehead atoms. The van der Waals surface area contributed by atoms with Crippen molar-refractivity contribution in [2.45, 2.75) is 25.8 Å². The van der Waals surface area contributed by atoms with E-state index >= 15 is 0 Å². The molecule has 2 N–H and O–H groups in total. The molecule has 33 heavy (non-hydrogen) atoms. The van der Waals surface area contributed by atoms with Gasteiger partial charge >= 0.3 is 5.97 Å². The fraction of sp³-hybridized carbons (Fsp3) is 0.200. The number of pyridine rings is 1. The molecule has 2 amide bonds. The number of nitrogens with zero attached hydrogens (tertiary/aromatic N) is 1. The summed E-state index contributed by atoms with van der Waals surface area (Å²) in [5.74, 6) is -0.896. The van der Waals surface area contributed by atoms with Gasteiger partial charge in [-0.3, -0.25) is 9.59 Å². The first kappa shape index (κ1) is 24.0. The lowest BCUT2D eigenvalue weighted by Gasteiger charge is -2.14. The van der Waals surface area contributed by atoms with Gasteiger partial charge in [0.15, 0.2) is 0 Å². The van der Waals surface area contributed by atoms with Crippen LogP contribution in [0.2, 0.25) is 0 Å². The Morgan fingerprint density at radius 3 is 2.30 bits per heavy atom. The van der Waals surface area contributed by atoms with Crippen LogP contribution in [0.1, 0.15) is 37.5 Å². The van der Waals surface area contributed by atoms with Crippen molar-refractivity contribution in [3.63, 3.8) is 0 Å². The van der Waals surface area contributed by atoms with Crippen molar-refractivity contribution in [3.8, 4) is 0 Å². The van der Waals surface area contributed by atoms with Gasteiger partial charge in [0.1, 0.15) is 5.03 Å². The second-order valence-corrected chi connectivity index (χ2v) is 8.40. The maximum Gasteiger partial charge on any atom is 0.337 e. The first-order chi connectivity index (χ1) is 15.8. The van der Waals surface area contributed by atoms with Crippen LogP contribution in [0.3, 0.4) is 0 Å². The Morgan fingerprint density at radius 2 is 1.64 bits per heavy atom. The summed E-state index contributed by atoms with van der Waals surface area (Å²) in [6, 6.07) is 15.8. The number of nitrogens with one attached hydrogen (secondary N) is 2. The first-order valence-electron chi connectivity index (χ1n) is 10.2. The smallest absolute Gasteiger partial charge is 0.337 e. The van der Waals surface area contributed by atoms with Crippen molar-refractivity contribution in [2.24, 2.45) is 0 Å². The van der Waals surface area contributed by atoms with Gasteiger partial charge in [-0.05, 0) is 68.3 Å². The van der Waals surface area contributed by atoms with Crippen LogP contribution in [0.15, 0.2) is 59.6 Å². The third-order valence-electron chi connectivity index (χ3n) is 4.86. The number of hydrogen-bond acceptors (Lipinski definition) is 6. The van der Waals surface area contributed by atoms with Gasteiger partial charge in [0.2, 0.25) is 5.91 Å². The predicted octanol–water partition coefficient (Wildman–Crippen LogP) is 4.78. The van der Waals surface area contributed by atoms with E-state index in [1.54, 1.807) is 24.3 Å². The number of para-hydroxylation sites is 1. The monoisotopic (exact) mass is 463 g/mol. The molecule has 170 valence electrons. The number of anilines is 2. The minimum atomic E-state index is -0.444. The molecule has 1 heterocycles. The number of ether oxygens (including phenoxy) is 1. The first-order valence-corrected chi connectivity index (χ1v) is 11.2. The second kappa shape index (κ2) is 10.8. The number of amides is 2. The number of carbonyl (C=O) groups excluding carboxylic acids is 3. The summed E-state index contributed by atoms with van der Waals surface area (Å²) in [6.45, 7) is 5.63. The van der Waals surface area contributed by atoms with Crippen molar-refractivity contribution < 1.29 is 19.1 Å². The number of hydrogen-bond donors (Lipinski definition) is 2. The maximum absolute atomic E-state index is 13.1. The van der Waals surface area contributed by atoms with Crippen LogP contribution in [0, 0.1) is 20.8 Å². The molecule has 3 aromatic rings. The van der Waals surface area contributed by atoms with Gasteiger partial charge in [-0.1, -0.05) is 30.0 Å². The van der Waals surface area contributed by atoms with E-state index in [1.807, 2.05) is 51.1 Å². The summed E-state index contributed by atoms with van der Waals surface area (Å²) in [4.78, 5) is 41.6. The van der Waals surface area contributed by atoms with Crippen LogP contribution >= 0.6 is 11.8 Å². The highest BCUT2D eigenvalue weighted by molar-refractivity contribution is 8.00. The normalized spacial score (nSPS) is 10.4. The Kier molecular flexibility index (Phi) is 7.84. The lowest BCUT2D eigenvalue weighted by molar-refractivity contribution is -0.113. The topological polar surface area (TPSA) is 97.4 Å². The summed E-state index contributed by atoms with van der Waals surface area (Å²) >= 11 is 1.20. The van der Waals surface area contributed by atoms with Gasteiger partial charge in [-0.15, -0.1) is 0 Å². The molecule has 2 aromatic carbocycles. The molecule has 0 aliphatic heterocycles. The van der Waals surface area contributed by atoms with E-state index in [2.05, 4.69) is 20.4 Å². The molecule has 0 spiro atoms. The van der Waals surface area contributed by atoms with Crippen LogP contribution in [-0.4, -0.2) is 35.6 Å². The lowest BCUT2D eigenvalue weighted by atomic mass is 10.1. The Balaban J connectivity index is 1.71. The molecule has 0 saturated heterocycles. The standard InChI is InChI=1S/C25H25N3O4S/c1-15-7-5-6-8-20(15)28-23(30)22-16(2)13-17(3)26-24(22)33-14-21(29)27-19-11-9-18(10-12-19)25(31)32-4/h5-13H,14H2,1-4H3,(H,27,29)(H,28,30). The Hall–Kier alpha value is -3.65. The molecule has 0 fully saturated rings. The van der Waals surface area contributed by atoms with Gasteiger partial charge in [0, 0.05) is 17.1 Å². The fourth-order valence-corrected chi connectivity index (χ4v) is 4.17. The Bertz CT molecular complexity index is 1190. The number of carbonyl (C=O) groups is 3. The van der Waals surface area contributed by atoms with Crippen LogP contribution < -0.4 is 10.6 Å². The molecular formula is C25H25N3O4S. The number of benzene rings is 2. The van der Waals surface area contributed by atoms with Crippen LogP contribution in [0.25, 0.3) is 0 Å². The molecule has 8 heteroatoms. The molecule has 0 aliphatic carbocycles. The van der Waals surface area contributed by atoms with Crippen molar-refractivity contribution in [3.05, 3.63) is 82.5 Å². The Morgan fingerprint density at radius 1 is 0.939 bits per heavy atom. The number of aromatic nitrogens is 1. The zero-order chi connectivity index (χ0) is 24.0. The van der Waals surface area contributed by atoms with Gasteiger partial charge < -0.3 is 15.4 Å². The summed E-state index contributed by atoms with van der Waals surface area (Å²) in [5, 5.41) is 6.22. The van der Waals surface area contributed by atoms with Crippen molar-refractivity contribution in [1.82, 2.24) is 4.98 Å². The van der Waals surface area contributed by atoms with E-state index in [1.165, 1.54) is 18.9 Å². The fourth-order valence-electron chi connectivity index (χ4n) is 3.22. The Labute approximate surface area is 197 Å². The lowest BCUT2D eigenvalue weighted by Crippen LogP contribution is -2.18. The van der Waals surface area contributed by atoms with E-state index in [9.17, 15) is 14.4 Å². The molecule has 7 nitrogen and oxygen atoms in total. The van der Waals surface area contributed by atoms with Crippen molar-refractivity contribution in [2.75, 3.05) is 23.5 Å². The average Bonchev–Trinajstić information content (AvgIpc) is 2.78. The largest absolute Gasteiger partial charge is 0.465 e. The molecule has 0 unspecified atom stereocenters. The minimum Gasteiger partial charge on any atom is -0.465 e. The molecule has 0 saturated carbocycles. The molecular weight excluding hydrogens is 438 g/mol. The van der Waals surface area contributed by atoms with Crippen molar-refractivity contribution >= 4 is 40.9 Å². The van der Waals surface area contributed by atoms with Gasteiger partial charge in [0.25, 0.3) is 5.91 Å². The van der Waals surface area contributed by atoms with E-state index < -0.39 is 5.97 Å². The summed E-state index contributed by atoms with van der Waals surface area (Å²) in [5.41, 5.74) is 4.63. The maximum atomic E-state index is 13.1. The van der Waals surface area contributed by atoms with Crippen molar-refractivity contribution in [1.29, 1.82) is 0 Å². The third kappa shape index (κ3) is 6.20. The zero-order valence-corrected chi connectivity index (χ0v) is 19.7. The molecule has 0 radical (unpaired) electrons. The van der Waals surface area contributed by atoms with E-state index in [-0.39, 0.29) is 17.6 Å². The molecule has 0 atom stereocenters. The highest BCUT2D eigenvalue weighted by Gasteiger charge is 2.19.